The Balaban J connectivity index is 2.95. The largest absolute Gasteiger partial charge is 0.497 e. The molecule has 0 saturated heterocycles. The zero-order valence-electron chi connectivity index (χ0n) is 8.74. The van der Waals surface area contributed by atoms with Gasteiger partial charge in [-0.15, -0.1) is 0 Å². The van der Waals surface area contributed by atoms with Crippen LogP contribution in [0.5, 0.6) is 5.75 Å². The maximum Gasteiger partial charge on any atom is 0.160 e. The third kappa shape index (κ3) is 3.23. The summed E-state index contributed by atoms with van der Waals surface area (Å²) in [4.78, 5) is 16.0. The van der Waals surface area contributed by atoms with Gasteiger partial charge < -0.3 is 10.5 Å². The van der Waals surface area contributed by atoms with Crippen LogP contribution >= 0.6 is 0 Å². The molecule has 1 rings (SSSR count). The van der Waals surface area contributed by atoms with Crippen molar-refractivity contribution in [3.63, 3.8) is 0 Å². The van der Waals surface area contributed by atoms with Crippen molar-refractivity contribution in [1.29, 1.82) is 0 Å². The Labute approximate surface area is 88.1 Å². The van der Waals surface area contributed by atoms with Crippen molar-refractivity contribution in [3.8, 4) is 5.75 Å². The first-order valence-electron chi connectivity index (χ1n) is 4.45. The molecule has 3 N–H and O–H groups in total. The molecule has 0 spiro atoms. The van der Waals surface area contributed by atoms with Crippen molar-refractivity contribution in [3.05, 3.63) is 23.8 Å². The fourth-order valence-electron chi connectivity index (χ4n) is 1.10. The molecule has 0 heterocycles. The number of ketones is 1. The van der Waals surface area contributed by atoms with Gasteiger partial charge in [0.2, 0.25) is 0 Å². The minimum atomic E-state index is -0.0373. The first-order valence-corrected chi connectivity index (χ1v) is 4.45. The van der Waals surface area contributed by atoms with E-state index in [1.165, 1.54) is 14.0 Å². The van der Waals surface area contributed by atoms with Gasteiger partial charge in [0.25, 0.3) is 0 Å². The molecule has 0 atom stereocenters. The monoisotopic (exact) mass is 210 g/mol. The van der Waals surface area contributed by atoms with Crippen molar-refractivity contribution in [2.75, 3.05) is 19.3 Å². The molecular weight excluding hydrogens is 196 g/mol. The SMILES string of the molecule is COc1cc(NOCN)cc(C(C)=O)c1. The van der Waals surface area contributed by atoms with Gasteiger partial charge >= 0.3 is 0 Å². The van der Waals surface area contributed by atoms with Gasteiger partial charge in [-0.1, -0.05) is 0 Å². The molecular formula is C10H14N2O3. The van der Waals surface area contributed by atoms with Crippen LogP contribution in [0.2, 0.25) is 0 Å². The summed E-state index contributed by atoms with van der Waals surface area (Å²) in [5, 5.41) is 0. The van der Waals surface area contributed by atoms with Gasteiger partial charge in [0, 0.05) is 11.6 Å². The van der Waals surface area contributed by atoms with Crippen LogP contribution in [0.3, 0.4) is 0 Å². The highest BCUT2D eigenvalue weighted by Gasteiger charge is 2.04. The zero-order valence-corrected chi connectivity index (χ0v) is 8.74. The van der Waals surface area contributed by atoms with Crippen molar-refractivity contribution in [2.24, 2.45) is 5.73 Å². The van der Waals surface area contributed by atoms with E-state index in [-0.39, 0.29) is 12.5 Å². The second kappa shape index (κ2) is 5.33. The highest BCUT2D eigenvalue weighted by atomic mass is 16.6. The second-order valence-corrected chi connectivity index (χ2v) is 2.92. The Morgan fingerprint density at radius 2 is 2.20 bits per heavy atom. The van der Waals surface area contributed by atoms with E-state index in [2.05, 4.69) is 5.48 Å². The molecule has 15 heavy (non-hydrogen) atoms. The number of carbonyl (C=O) groups is 1. The lowest BCUT2D eigenvalue weighted by Gasteiger charge is -2.08. The highest BCUT2D eigenvalue weighted by molar-refractivity contribution is 5.95. The molecule has 0 aliphatic carbocycles. The van der Waals surface area contributed by atoms with E-state index in [1.807, 2.05) is 0 Å². The number of nitrogens with one attached hydrogen (secondary N) is 1. The van der Waals surface area contributed by atoms with Crippen LogP contribution in [0.15, 0.2) is 18.2 Å². The number of carbonyl (C=O) groups excluding carboxylic acids is 1. The number of anilines is 1. The van der Waals surface area contributed by atoms with E-state index < -0.39 is 0 Å². The first-order chi connectivity index (χ1) is 7.17. The van der Waals surface area contributed by atoms with Gasteiger partial charge in [0.1, 0.15) is 12.5 Å². The number of hydrogen-bond donors (Lipinski definition) is 2. The predicted octanol–water partition coefficient (Wildman–Crippen LogP) is 1.16. The van der Waals surface area contributed by atoms with Crippen LogP contribution in [0.1, 0.15) is 17.3 Å². The number of methoxy groups -OCH3 is 1. The molecule has 0 amide bonds. The highest BCUT2D eigenvalue weighted by Crippen LogP contribution is 2.21. The Kier molecular flexibility index (Phi) is 4.08. The Bertz CT molecular complexity index is 353. The summed E-state index contributed by atoms with van der Waals surface area (Å²) in [5.41, 5.74) is 8.95. The third-order valence-corrected chi connectivity index (χ3v) is 1.82. The minimum absolute atomic E-state index is 0.0373. The molecule has 0 fully saturated rings. The Hall–Kier alpha value is -1.59. The quantitative estimate of drug-likeness (QED) is 0.433. The van der Waals surface area contributed by atoms with Crippen molar-refractivity contribution >= 4 is 11.5 Å². The summed E-state index contributed by atoms with van der Waals surface area (Å²) in [7, 11) is 1.53. The molecule has 5 nitrogen and oxygen atoms in total. The molecule has 0 aromatic heterocycles. The number of nitrogens with two attached hydrogens (primary N) is 1. The lowest BCUT2D eigenvalue weighted by molar-refractivity contribution is 0.101. The standard InChI is InChI=1S/C10H14N2O3/c1-7(13)8-3-9(12-15-6-11)5-10(4-8)14-2/h3-5,12H,6,11H2,1-2H3. The van der Waals surface area contributed by atoms with Crippen LogP contribution in [-0.2, 0) is 4.84 Å². The molecule has 1 aromatic rings. The summed E-state index contributed by atoms with van der Waals surface area (Å²) in [6.45, 7) is 1.54. The van der Waals surface area contributed by atoms with Gasteiger partial charge in [0.05, 0.1) is 12.8 Å². The Morgan fingerprint density at radius 1 is 1.47 bits per heavy atom. The minimum Gasteiger partial charge on any atom is -0.497 e. The predicted molar refractivity (Wildman–Crippen MR) is 56.8 cm³/mol. The molecule has 0 aliphatic heterocycles. The lowest BCUT2D eigenvalue weighted by atomic mass is 10.1. The normalized spacial score (nSPS) is 9.80. The summed E-state index contributed by atoms with van der Waals surface area (Å²) >= 11 is 0. The molecule has 1 aromatic carbocycles. The molecule has 0 radical (unpaired) electrons. The average Bonchev–Trinajstić information content (AvgIpc) is 2.25. The molecule has 0 aliphatic rings. The van der Waals surface area contributed by atoms with E-state index in [1.54, 1.807) is 18.2 Å². The molecule has 0 unspecified atom stereocenters. The first kappa shape index (κ1) is 11.5. The fourth-order valence-corrected chi connectivity index (χ4v) is 1.10. The number of benzene rings is 1. The number of Topliss-reactive ketones (excluding diaryl/α,β-unsaturated/α-hetero) is 1. The number of rotatable bonds is 5. The van der Waals surface area contributed by atoms with E-state index in [0.717, 1.165) is 0 Å². The summed E-state index contributed by atoms with van der Waals surface area (Å²) < 4.78 is 5.05. The number of ether oxygens (including phenoxy) is 1. The molecule has 0 bridgehead atoms. The van der Waals surface area contributed by atoms with E-state index in [0.29, 0.717) is 17.0 Å². The third-order valence-electron chi connectivity index (χ3n) is 1.82. The van der Waals surface area contributed by atoms with Crippen molar-refractivity contribution < 1.29 is 14.4 Å². The average molecular weight is 210 g/mol. The maximum absolute atomic E-state index is 11.2. The lowest BCUT2D eigenvalue weighted by Crippen LogP contribution is -2.10. The van der Waals surface area contributed by atoms with Crippen LogP contribution in [-0.4, -0.2) is 19.6 Å². The van der Waals surface area contributed by atoms with Gasteiger partial charge in [-0.25, -0.2) is 0 Å². The van der Waals surface area contributed by atoms with E-state index >= 15 is 0 Å². The zero-order chi connectivity index (χ0) is 11.3. The van der Waals surface area contributed by atoms with Gasteiger partial charge in [-0.05, 0) is 19.1 Å². The van der Waals surface area contributed by atoms with Gasteiger partial charge in [-0.3, -0.25) is 15.1 Å². The van der Waals surface area contributed by atoms with Gasteiger partial charge in [-0.2, -0.15) is 0 Å². The van der Waals surface area contributed by atoms with Crippen molar-refractivity contribution in [1.82, 2.24) is 0 Å². The maximum atomic E-state index is 11.2. The van der Waals surface area contributed by atoms with Crippen LogP contribution in [0, 0.1) is 0 Å². The second-order valence-electron chi connectivity index (χ2n) is 2.92. The Morgan fingerprint density at radius 3 is 2.73 bits per heavy atom. The summed E-state index contributed by atoms with van der Waals surface area (Å²) in [6.07, 6.45) is 0. The molecule has 5 heteroatoms. The fraction of sp³-hybridized carbons (Fsp3) is 0.300. The van der Waals surface area contributed by atoms with Crippen molar-refractivity contribution in [2.45, 2.75) is 6.92 Å². The topological polar surface area (TPSA) is 73.6 Å². The van der Waals surface area contributed by atoms with Crippen LogP contribution < -0.4 is 16.0 Å². The van der Waals surface area contributed by atoms with E-state index in [9.17, 15) is 4.79 Å². The van der Waals surface area contributed by atoms with Crippen LogP contribution in [0.25, 0.3) is 0 Å². The van der Waals surface area contributed by atoms with E-state index in [4.69, 9.17) is 15.3 Å². The summed E-state index contributed by atoms with van der Waals surface area (Å²) in [5.74, 6) is 0.551. The summed E-state index contributed by atoms with van der Waals surface area (Å²) in [6, 6.07) is 5.04. The number of hydrogen-bond acceptors (Lipinski definition) is 5. The smallest absolute Gasteiger partial charge is 0.160 e. The molecule has 0 saturated carbocycles. The molecule has 82 valence electrons. The van der Waals surface area contributed by atoms with Gasteiger partial charge in [0.15, 0.2) is 5.78 Å². The van der Waals surface area contributed by atoms with Crippen LogP contribution in [0.4, 0.5) is 5.69 Å².